The van der Waals surface area contributed by atoms with Crippen LogP contribution in [0.25, 0.3) is 0 Å². The van der Waals surface area contributed by atoms with Crippen molar-refractivity contribution in [3.8, 4) is 0 Å². The van der Waals surface area contributed by atoms with E-state index in [1.807, 2.05) is 19.3 Å². The number of carbonyl (C=O) groups is 1. The normalized spacial score (nSPS) is 20.6. The average molecular weight is 276 g/mol. The molecule has 1 aromatic rings. The molecule has 1 fully saturated rings. The number of nitrogens with zero attached hydrogens (tertiary/aromatic N) is 2. The Morgan fingerprint density at radius 3 is 3.00 bits per heavy atom. The van der Waals surface area contributed by atoms with Crippen molar-refractivity contribution in [3.05, 3.63) is 23.9 Å². The Kier molecular flexibility index (Phi) is 4.95. The number of amides is 1. The third-order valence-corrected chi connectivity index (χ3v) is 4.05. The van der Waals surface area contributed by atoms with Gasteiger partial charge in [0.2, 0.25) is 5.91 Å². The molecule has 1 aliphatic rings. The molecular weight excluding hydrogens is 252 g/mol. The van der Waals surface area contributed by atoms with Gasteiger partial charge in [0.05, 0.1) is 5.92 Å². The molecule has 1 aliphatic heterocycles. The first kappa shape index (κ1) is 14.8. The number of hydrogen-bond acceptors (Lipinski definition) is 4. The zero-order chi connectivity index (χ0) is 14.5. The molecule has 5 heteroatoms. The van der Waals surface area contributed by atoms with Crippen LogP contribution in [0.3, 0.4) is 0 Å². The number of aromatic nitrogens is 1. The first-order valence-electron chi connectivity index (χ1n) is 7.26. The molecule has 2 heterocycles. The van der Waals surface area contributed by atoms with Gasteiger partial charge in [0, 0.05) is 37.9 Å². The summed E-state index contributed by atoms with van der Waals surface area (Å²) in [5, 5.41) is 6.02. The Morgan fingerprint density at radius 2 is 2.30 bits per heavy atom. The van der Waals surface area contributed by atoms with Crippen LogP contribution in [0.15, 0.2) is 18.3 Å². The Hall–Kier alpha value is -1.62. The van der Waals surface area contributed by atoms with Gasteiger partial charge in [0.15, 0.2) is 0 Å². The van der Waals surface area contributed by atoms with Crippen molar-refractivity contribution in [2.24, 2.45) is 5.92 Å². The molecule has 0 spiro atoms. The maximum Gasteiger partial charge on any atom is 0.224 e. The molecule has 1 saturated heterocycles. The second-order valence-electron chi connectivity index (χ2n) is 5.33. The quantitative estimate of drug-likeness (QED) is 0.871. The highest BCUT2D eigenvalue weighted by atomic mass is 16.1. The van der Waals surface area contributed by atoms with Gasteiger partial charge in [-0.1, -0.05) is 6.07 Å². The van der Waals surface area contributed by atoms with Crippen molar-refractivity contribution in [2.45, 2.75) is 25.8 Å². The van der Waals surface area contributed by atoms with E-state index in [-0.39, 0.29) is 17.9 Å². The second kappa shape index (κ2) is 6.70. The van der Waals surface area contributed by atoms with Crippen molar-refractivity contribution in [1.29, 1.82) is 0 Å². The molecule has 110 valence electrons. The monoisotopic (exact) mass is 276 g/mol. The summed E-state index contributed by atoms with van der Waals surface area (Å²) >= 11 is 0. The first-order chi connectivity index (χ1) is 9.67. The summed E-state index contributed by atoms with van der Waals surface area (Å²) in [7, 11) is 3.65. The molecule has 5 nitrogen and oxygen atoms in total. The zero-order valence-corrected chi connectivity index (χ0v) is 12.5. The van der Waals surface area contributed by atoms with E-state index in [1.54, 1.807) is 7.05 Å². The SMILES string of the molecule is CNC(=O)C1CCCN(c2ncccc2C(C)NC)C1. The topological polar surface area (TPSA) is 57.3 Å². The van der Waals surface area contributed by atoms with E-state index < -0.39 is 0 Å². The van der Waals surface area contributed by atoms with Gasteiger partial charge < -0.3 is 15.5 Å². The molecule has 0 aliphatic carbocycles. The minimum absolute atomic E-state index is 0.0634. The summed E-state index contributed by atoms with van der Waals surface area (Å²) in [6, 6.07) is 4.32. The maximum atomic E-state index is 11.8. The van der Waals surface area contributed by atoms with Gasteiger partial charge in [-0.25, -0.2) is 4.98 Å². The molecule has 2 unspecified atom stereocenters. The number of nitrogens with one attached hydrogen (secondary N) is 2. The van der Waals surface area contributed by atoms with Crippen LogP contribution in [-0.4, -0.2) is 38.1 Å². The van der Waals surface area contributed by atoms with E-state index in [4.69, 9.17) is 0 Å². The van der Waals surface area contributed by atoms with Crippen LogP contribution in [0.1, 0.15) is 31.4 Å². The van der Waals surface area contributed by atoms with Gasteiger partial charge >= 0.3 is 0 Å². The molecule has 0 saturated carbocycles. The van der Waals surface area contributed by atoms with Gasteiger partial charge in [-0.05, 0) is 32.9 Å². The van der Waals surface area contributed by atoms with E-state index in [0.29, 0.717) is 0 Å². The van der Waals surface area contributed by atoms with E-state index in [2.05, 4.69) is 33.5 Å². The molecular formula is C15H24N4O. The molecule has 20 heavy (non-hydrogen) atoms. The Labute approximate surface area is 120 Å². The minimum atomic E-state index is 0.0634. The van der Waals surface area contributed by atoms with Gasteiger partial charge in [-0.15, -0.1) is 0 Å². The number of piperidine rings is 1. The van der Waals surface area contributed by atoms with Crippen molar-refractivity contribution in [3.63, 3.8) is 0 Å². The maximum absolute atomic E-state index is 11.8. The summed E-state index contributed by atoms with van der Waals surface area (Å²) in [4.78, 5) is 18.6. The molecule has 1 amide bonds. The van der Waals surface area contributed by atoms with Gasteiger partial charge in [0.25, 0.3) is 0 Å². The van der Waals surface area contributed by atoms with Crippen LogP contribution in [-0.2, 0) is 4.79 Å². The van der Waals surface area contributed by atoms with Crippen LogP contribution in [0.4, 0.5) is 5.82 Å². The van der Waals surface area contributed by atoms with Crippen LogP contribution in [0.2, 0.25) is 0 Å². The largest absolute Gasteiger partial charge is 0.359 e. The standard InChI is InChI=1S/C15H24N4O/c1-11(16-2)13-7-4-8-18-14(13)19-9-5-6-12(10-19)15(20)17-3/h4,7-8,11-12,16H,5-6,9-10H2,1-3H3,(H,17,20). The van der Waals surface area contributed by atoms with Crippen LogP contribution < -0.4 is 15.5 Å². The summed E-state index contributed by atoms with van der Waals surface area (Å²) in [5.74, 6) is 1.20. The number of pyridine rings is 1. The Morgan fingerprint density at radius 1 is 1.50 bits per heavy atom. The Bertz CT molecular complexity index is 463. The summed E-state index contributed by atoms with van der Waals surface area (Å²) < 4.78 is 0. The average Bonchev–Trinajstić information content (AvgIpc) is 2.53. The van der Waals surface area contributed by atoms with Gasteiger partial charge in [0.1, 0.15) is 5.82 Å². The predicted octanol–water partition coefficient (Wildman–Crippen LogP) is 1.32. The van der Waals surface area contributed by atoms with Crippen LogP contribution in [0.5, 0.6) is 0 Å². The predicted molar refractivity (Wildman–Crippen MR) is 80.7 cm³/mol. The molecule has 2 atom stereocenters. The fraction of sp³-hybridized carbons (Fsp3) is 0.600. The lowest BCUT2D eigenvalue weighted by molar-refractivity contribution is -0.124. The van der Waals surface area contributed by atoms with Crippen molar-refractivity contribution >= 4 is 11.7 Å². The highest BCUT2D eigenvalue weighted by Crippen LogP contribution is 2.27. The molecule has 0 bridgehead atoms. The van der Waals surface area contributed by atoms with E-state index in [0.717, 1.165) is 31.7 Å². The highest BCUT2D eigenvalue weighted by molar-refractivity contribution is 5.79. The van der Waals surface area contributed by atoms with Gasteiger partial charge in [-0.2, -0.15) is 0 Å². The highest BCUT2D eigenvalue weighted by Gasteiger charge is 2.27. The van der Waals surface area contributed by atoms with E-state index >= 15 is 0 Å². The van der Waals surface area contributed by atoms with Crippen molar-refractivity contribution in [1.82, 2.24) is 15.6 Å². The minimum Gasteiger partial charge on any atom is -0.359 e. The summed E-state index contributed by atoms with van der Waals surface area (Å²) in [5.41, 5.74) is 1.19. The molecule has 2 rings (SSSR count). The molecule has 2 N–H and O–H groups in total. The van der Waals surface area contributed by atoms with Crippen LogP contribution in [0, 0.1) is 5.92 Å². The van der Waals surface area contributed by atoms with Gasteiger partial charge in [-0.3, -0.25) is 4.79 Å². The number of anilines is 1. The van der Waals surface area contributed by atoms with E-state index in [9.17, 15) is 4.79 Å². The zero-order valence-electron chi connectivity index (χ0n) is 12.5. The Balaban J connectivity index is 2.20. The fourth-order valence-corrected chi connectivity index (χ4v) is 2.75. The smallest absolute Gasteiger partial charge is 0.224 e. The van der Waals surface area contributed by atoms with Crippen molar-refractivity contribution in [2.75, 3.05) is 32.1 Å². The second-order valence-corrected chi connectivity index (χ2v) is 5.33. The summed E-state index contributed by atoms with van der Waals surface area (Å²) in [6.45, 7) is 3.84. The first-order valence-corrected chi connectivity index (χ1v) is 7.26. The van der Waals surface area contributed by atoms with Crippen molar-refractivity contribution < 1.29 is 4.79 Å². The molecule has 0 radical (unpaired) electrons. The third-order valence-electron chi connectivity index (χ3n) is 4.05. The summed E-state index contributed by atoms with van der Waals surface area (Å²) in [6.07, 6.45) is 3.81. The number of hydrogen-bond donors (Lipinski definition) is 2. The lowest BCUT2D eigenvalue weighted by atomic mass is 9.96. The molecule has 1 aromatic heterocycles. The third kappa shape index (κ3) is 3.10. The lowest BCUT2D eigenvalue weighted by Gasteiger charge is -2.34. The lowest BCUT2D eigenvalue weighted by Crippen LogP contribution is -2.43. The number of rotatable bonds is 4. The van der Waals surface area contributed by atoms with Crippen LogP contribution >= 0.6 is 0 Å². The number of carbonyl (C=O) groups excluding carboxylic acids is 1. The fourth-order valence-electron chi connectivity index (χ4n) is 2.75. The molecule has 0 aromatic carbocycles. The van der Waals surface area contributed by atoms with E-state index in [1.165, 1.54) is 5.56 Å².